The molecule has 16 heavy (non-hydrogen) atoms. The van der Waals surface area contributed by atoms with Crippen LogP contribution in [0.25, 0.3) is 0 Å². The molecule has 0 saturated heterocycles. The molecule has 0 fully saturated rings. The van der Waals surface area contributed by atoms with Crippen molar-refractivity contribution < 1.29 is 8.42 Å². The monoisotopic (exact) mass is 343 g/mol. The van der Waals surface area contributed by atoms with Crippen LogP contribution >= 0.6 is 39.0 Å². The average Bonchev–Trinajstić information content (AvgIpc) is 2.64. The highest BCUT2D eigenvalue weighted by atomic mass is 79.9. The Balaban J connectivity index is 2.78. The number of thiophene rings is 1. The van der Waals surface area contributed by atoms with Gasteiger partial charge in [-0.1, -0.05) is 6.92 Å². The molecule has 1 unspecified atom stereocenters. The highest BCUT2D eigenvalue weighted by Crippen LogP contribution is 2.26. The summed E-state index contributed by atoms with van der Waals surface area (Å²) in [6.45, 7) is 1.98. The van der Waals surface area contributed by atoms with Crippen molar-refractivity contribution in [2.75, 3.05) is 12.0 Å². The van der Waals surface area contributed by atoms with E-state index in [2.05, 4.69) is 20.7 Å². The van der Waals surface area contributed by atoms with Crippen molar-refractivity contribution in [3.8, 4) is 0 Å². The molecule has 1 aromatic rings. The van der Waals surface area contributed by atoms with Crippen molar-refractivity contribution in [1.29, 1.82) is 0 Å². The van der Waals surface area contributed by atoms with Crippen molar-refractivity contribution in [3.05, 3.63) is 15.9 Å². The van der Waals surface area contributed by atoms with Gasteiger partial charge in [0.2, 0.25) is 10.0 Å². The molecule has 7 heteroatoms. The van der Waals surface area contributed by atoms with Crippen molar-refractivity contribution in [3.63, 3.8) is 0 Å². The second kappa shape index (κ2) is 6.39. The summed E-state index contributed by atoms with van der Waals surface area (Å²) < 4.78 is 27.8. The fourth-order valence-electron chi connectivity index (χ4n) is 1.16. The topological polar surface area (TPSA) is 46.2 Å². The Morgan fingerprint density at radius 1 is 1.56 bits per heavy atom. The molecule has 3 nitrogen and oxygen atoms in total. The van der Waals surface area contributed by atoms with E-state index in [4.69, 9.17) is 0 Å². The van der Waals surface area contributed by atoms with Gasteiger partial charge in [-0.3, -0.25) is 0 Å². The number of rotatable bonds is 6. The maximum absolute atomic E-state index is 12.0. The van der Waals surface area contributed by atoms with Crippen LogP contribution in [0.2, 0.25) is 0 Å². The minimum absolute atomic E-state index is 0.000811. The van der Waals surface area contributed by atoms with Gasteiger partial charge in [-0.2, -0.15) is 11.8 Å². The van der Waals surface area contributed by atoms with Crippen LogP contribution in [0.4, 0.5) is 0 Å². The standard InChI is InChI=1S/C9H14BrNO2S3/c1-3-7(6-14-2)11-16(12,13)9-5-4-8(10)15-9/h4-5,7,11H,3,6H2,1-2H3. The van der Waals surface area contributed by atoms with E-state index in [9.17, 15) is 8.42 Å². The zero-order chi connectivity index (χ0) is 12.2. The fraction of sp³-hybridized carbons (Fsp3) is 0.556. The Labute approximate surface area is 113 Å². The van der Waals surface area contributed by atoms with Gasteiger partial charge in [-0.25, -0.2) is 13.1 Å². The Bertz CT molecular complexity index is 430. The van der Waals surface area contributed by atoms with Crippen LogP contribution in [0.5, 0.6) is 0 Å². The molecule has 0 aliphatic heterocycles. The predicted octanol–water partition coefficient (Wildman–Crippen LogP) is 2.93. The lowest BCUT2D eigenvalue weighted by molar-refractivity contribution is 0.560. The summed E-state index contributed by atoms with van der Waals surface area (Å²) in [5.74, 6) is 0.794. The smallest absolute Gasteiger partial charge is 0.207 e. The molecule has 0 aliphatic carbocycles. The maximum atomic E-state index is 12.0. The molecule has 0 aromatic carbocycles. The fourth-order valence-corrected chi connectivity index (χ4v) is 5.33. The third-order valence-corrected chi connectivity index (χ3v) is 6.37. The first kappa shape index (κ1) is 14.5. The van der Waals surface area contributed by atoms with Crippen LogP contribution in [0.15, 0.2) is 20.1 Å². The Morgan fingerprint density at radius 2 is 2.25 bits per heavy atom. The van der Waals surface area contributed by atoms with Crippen LogP contribution in [-0.2, 0) is 10.0 Å². The van der Waals surface area contributed by atoms with Crippen molar-refractivity contribution in [2.24, 2.45) is 0 Å². The lowest BCUT2D eigenvalue weighted by Crippen LogP contribution is -2.35. The first-order chi connectivity index (χ1) is 7.49. The van der Waals surface area contributed by atoms with E-state index >= 15 is 0 Å². The molecule has 92 valence electrons. The molecular weight excluding hydrogens is 330 g/mol. The lowest BCUT2D eigenvalue weighted by atomic mass is 10.3. The second-order valence-electron chi connectivity index (χ2n) is 3.24. The molecule has 1 rings (SSSR count). The predicted molar refractivity (Wildman–Crippen MR) is 74.8 cm³/mol. The Kier molecular flexibility index (Phi) is 5.79. The summed E-state index contributed by atoms with van der Waals surface area (Å²) >= 11 is 6.13. The van der Waals surface area contributed by atoms with Gasteiger partial charge in [0, 0.05) is 11.8 Å². The van der Waals surface area contributed by atoms with E-state index in [-0.39, 0.29) is 6.04 Å². The molecule has 0 spiro atoms. The first-order valence-corrected chi connectivity index (χ1v) is 9.25. The third kappa shape index (κ3) is 4.03. The van der Waals surface area contributed by atoms with Crippen molar-refractivity contribution in [1.82, 2.24) is 4.72 Å². The van der Waals surface area contributed by atoms with Gasteiger partial charge >= 0.3 is 0 Å². The molecular formula is C9H14BrNO2S3. The van der Waals surface area contributed by atoms with Gasteiger partial charge in [0.1, 0.15) is 4.21 Å². The largest absolute Gasteiger partial charge is 0.250 e. The molecule has 1 N–H and O–H groups in total. The van der Waals surface area contributed by atoms with Crippen LogP contribution in [0.3, 0.4) is 0 Å². The van der Waals surface area contributed by atoms with Gasteiger partial charge in [0.05, 0.1) is 3.79 Å². The summed E-state index contributed by atoms with van der Waals surface area (Å²) in [5, 5.41) is 0. The van der Waals surface area contributed by atoms with Crippen LogP contribution in [0.1, 0.15) is 13.3 Å². The average molecular weight is 344 g/mol. The molecule has 0 aliphatic rings. The summed E-state index contributed by atoms with van der Waals surface area (Å²) in [6, 6.07) is 3.36. The number of hydrogen-bond acceptors (Lipinski definition) is 4. The molecule has 0 bridgehead atoms. The van der Waals surface area contributed by atoms with E-state index in [1.54, 1.807) is 23.9 Å². The SMILES string of the molecule is CCC(CSC)NS(=O)(=O)c1ccc(Br)s1. The first-order valence-electron chi connectivity index (χ1n) is 4.76. The van der Waals surface area contributed by atoms with E-state index in [0.717, 1.165) is 16.0 Å². The number of sulfonamides is 1. The second-order valence-corrected chi connectivity index (χ2v) is 8.55. The highest BCUT2D eigenvalue weighted by Gasteiger charge is 2.20. The normalized spacial score (nSPS) is 13.9. The third-order valence-electron chi connectivity index (χ3n) is 2.00. The molecule has 1 aromatic heterocycles. The molecule has 0 radical (unpaired) electrons. The zero-order valence-electron chi connectivity index (χ0n) is 9.07. The minimum atomic E-state index is -3.35. The number of nitrogens with one attached hydrogen (secondary N) is 1. The summed E-state index contributed by atoms with van der Waals surface area (Å²) in [7, 11) is -3.35. The molecule has 1 atom stereocenters. The van der Waals surface area contributed by atoms with Crippen molar-refractivity contribution >= 4 is 49.1 Å². The highest BCUT2D eigenvalue weighted by molar-refractivity contribution is 9.11. The van der Waals surface area contributed by atoms with Gasteiger partial charge in [-0.15, -0.1) is 11.3 Å². The van der Waals surface area contributed by atoms with E-state index in [1.807, 2.05) is 13.2 Å². The number of halogens is 1. The molecule has 0 saturated carbocycles. The van der Waals surface area contributed by atoms with Crippen molar-refractivity contribution in [2.45, 2.75) is 23.6 Å². The van der Waals surface area contributed by atoms with E-state index in [0.29, 0.717) is 4.21 Å². The van der Waals surface area contributed by atoms with Gasteiger partial charge in [0.25, 0.3) is 0 Å². The van der Waals surface area contributed by atoms with Crippen LogP contribution in [-0.4, -0.2) is 26.5 Å². The zero-order valence-corrected chi connectivity index (χ0v) is 13.1. The molecule has 1 heterocycles. The summed E-state index contributed by atoms with van der Waals surface area (Å²) in [4.78, 5) is 0. The number of thioether (sulfide) groups is 1. The molecule has 0 amide bonds. The van der Waals surface area contributed by atoms with Gasteiger partial charge in [0.15, 0.2) is 0 Å². The van der Waals surface area contributed by atoms with E-state index in [1.165, 1.54) is 11.3 Å². The Morgan fingerprint density at radius 3 is 2.69 bits per heavy atom. The van der Waals surface area contributed by atoms with Crippen LogP contribution in [0, 0.1) is 0 Å². The number of hydrogen-bond donors (Lipinski definition) is 1. The minimum Gasteiger partial charge on any atom is -0.207 e. The quantitative estimate of drug-likeness (QED) is 0.863. The summed E-state index contributed by atoms with van der Waals surface area (Å²) in [5.41, 5.74) is 0. The summed E-state index contributed by atoms with van der Waals surface area (Å²) in [6.07, 6.45) is 2.77. The van der Waals surface area contributed by atoms with Gasteiger partial charge in [-0.05, 0) is 40.7 Å². The maximum Gasteiger partial charge on any atom is 0.250 e. The van der Waals surface area contributed by atoms with Gasteiger partial charge < -0.3 is 0 Å². The van der Waals surface area contributed by atoms with E-state index < -0.39 is 10.0 Å². The lowest BCUT2D eigenvalue weighted by Gasteiger charge is -2.14. The Hall–Kier alpha value is 0.440. The van der Waals surface area contributed by atoms with Crippen LogP contribution < -0.4 is 4.72 Å².